The molecule has 1 saturated heterocycles. The fraction of sp³-hybridized carbons (Fsp3) is 0.231. The highest BCUT2D eigenvalue weighted by Gasteiger charge is 2.50. The zero-order valence-electron chi connectivity index (χ0n) is 9.64. The summed E-state index contributed by atoms with van der Waals surface area (Å²) >= 11 is 5.75. The van der Waals surface area contributed by atoms with Crippen LogP contribution in [-0.2, 0) is 9.53 Å². The SMILES string of the molecule is C#CCC1(C)OC(=O)N(c2ccc(Cl)cc2)C1=O. The topological polar surface area (TPSA) is 46.6 Å². The number of hydrogen-bond acceptors (Lipinski definition) is 3. The Kier molecular flexibility index (Phi) is 3.02. The number of terminal acetylenes is 1. The third-order valence-electron chi connectivity index (χ3n) is 2.67. The predicted octanol–water partition coefficient (Wildman–Crippen LogP) is 2.61. The summed E-state index contributed by atoms with van der Waals surface area (Å²) in [7, 11) is 0. The molecule has 1 unspecified atom stereocenters. The summed E-state index contributed by atoms with van der Waals surface area (Å²) in [6.07, 6.45) is 4.50. The van der Waals surface area contributed by atoms with Crippen molar-refractivity contribution in [3.8, 4) is 12.3 Å². The molecule has 1 aliphatic heterocycles. The van der Waals surface area contributed by atoms with Gasteiger partial charge in [-0.3, -0.25) is 4.79 Å². The Hall–Kier alpha value is -1.99. The maximum Gasteiger partial charge on any atom is 0.422 e. The van der Waals surface area contributed by atoms with Crippen LogP contribution >= 0.6 is 11.6 Å². The van der Waals surface area contributed by atoms with E-state index in [0.29, 0.717) is 10.7 Å². The molecule has 2 amide bonds. The number of hydrogen-bond donors (Lipinski definition) is 0. The number of imide groups is 1. The number of nitrogens with zero attached hydrogens (tertiary/aromatic N) is 1. The van der Waals surface area contributed by atoms with E-state index in [9.17, 15) is 9.59 Å². The summed E-state index contributed by atoms with van der Waals surface area (Å²) in [4.78, 5) is 24.9. The lowest BCUT2D eigenvalue weighted by molar-refractivity contribution is -0.128. The second-order valence-electron chi connectivity index (χ2n) is 4.10. The van der Waals surface area contributed by atoms with Gasteiger partial charge in [-0.1, -0.05) is 11.6 Å². The van der Waals surface area contributed by atoms with Crippen molar-refractivity contribution >= 4 is 29.3 Å². The molecule has 0 bridgehead atoms. The van der Waals surface area contributed by atoms with E-state index in [1.54, 1.807) is 24.3 Å². The Morgan fingerprint density at radius 1 is 1.39 bits per heavy atom. The quantitative estimate of drug-likeness (QED) is 0.771. The molecular weight excluding hydrogens is 254 g/mol. The first-order valence-corrected chi connectivity index (χ1v) is 5.62. The van der Waals surface area contributed by atoms with Crippen molar-refractivity contribution in [2.75, 3.05) is 4.90 Å². The van der Waals surface area contributed by atoms with Crippen LogP contribution in [0.4, 0.5) is 10.5 Å². The molecular formula is C13H10ClNO3. The van der Waals surface area contributed by atoms with E-state index in [1.807, 2.05) is 0 Å². The van der Waals surface area contributed by atoms with Crippen LogP contribution in [0.1, 0.15) is 13.3 Å². The van der Waals surface area contributed by atoms with Crippen molar-refractivity contribution in [1.29, 1.82) is 0 Å². The van der Waals surface area contributed by atoms with Gasteiger partial charge in [0.05, 0.1) is 12.1 Å². The van der Waals surface area contributed by atoms with Gasteiger partial charge in [0, 0.05) is 5.02 Å². The minimum absolute atomic E-state index is 0.0433. The van der Waals surface area contributed by atoms with Gasteiger partial charge in [0.25, 0.3) is 5.91 Å². The fourth-order valence-electron chi connectivity index (χ4n) is 1.72. The Labute approximate surface area is 109 Å². The van der Waals surface area contributed by atoms with Crippen molar-refractivity contribution in [2.24, 2.45) is 0 Å². The molecule has 0 radical (unpaired) electrons. The van der Waals surface area contributed by atoms with E-state index in [4.69, 9.17) is 22.8 Å². The first-order valence-electron chi connectivity index (χ1n) is 5.24. The highest BCUT2D eigenvalue weighted by Crippen LogP contribution is 2.31. The van der Waals surface area contributed by atoms with Gasteiger partial charge < -0.3 is 4.74 Å². The summed E-state index contributed by atoms with van der Waals surface area (Å²) in [5.41, 5.74) is -0.874. The van der Waals surface area contributed by atoms with Gasteiger partial charge in [-0.2, -0.15) is 0 Å². The molecule has 1 heterocycles. The zero-order chi connectivity index (χ0) is 13.3. The van der Waals surface area contributed by atoms with E-state index in [0.717, 1.165) is 4.90 Å². The van der Waals surface area contributed by atoms with Gasteiger partial charge in [0.1, 0.15) is 0 Å². The maximum absolute atomic E-state index is 12.2. The second-order valence-corrected chi connectivity index (χ2v) is 4.53. The Morgan fingerprint density at radius 3 is 2.56 bits per heavy atom. The number of rotatable bonds is 2. The van der Waals surface area contributed by atoms with Gasteiger partial charge in [-0.05, 0) is 31.2 Å². The number of anilines is 1. The Bertz CT molecular complexity index is 546. The molecule has 0 aromatic heterocycles. The molecule has 1 fully saturated rings. The molecule has 2 rings (SSSR count). The van der Waals surface area contributed by atoms with Crippen LogP contribution in [0.2, 0.25) is 5.02 Å². The lowest BCUT2D eigenvalue weighted by atomic mass is 10.0. The lowest BCUT2D eigenvalue weighted by Gasteiger charge is -2.16. The largest absolute Gasteiger partial charge is 0.431 e. The molecule has 0 saturated carbocycles. The van der Waals surface area contributed by atoms with Gasteiger partial charge in [-0.15, -0.1) is 12.3 Å². The maximum atomic E-state index is 12.2. The molecule has 1 atom stereocenters. The summed E-state index contributed by atoms with van der Waals surface area (Å²) in [5.74, 6) is 1.87. The number of benzene rings is 1. The Balaban J connectivity index is 2.36. The molecule has 1 aromatic rings. The summed E-state index contributed by atoms with van der Waals surface area (Å²) in [5, 5.41) is 0.519. The zero-order valence-corrected chi connectivity index (χ0v) is 10.4. The van der Waals surface area contributed by atoms with Crippen LogP contribution < -0.4 is 4.90 Å². The third-order valence-corrected chi connectivity index (χ3v) is 2.93. The van der Waals surface area contributed by atoms with Crippen molar-refractivity contribution < 1.29 is 14.3 Å². The average Bonchev–Trinajstić information content (AvgIpc) is 2.52. The molecule has 1 aliphatic rings. The van der Waals surface area contributed by atoms with Crippen molar-refractivity contribution in [2.45, 2.75) is 18.9 Å². The van der Waals surface area contributed by atoms with Crippen LogP contribution in [0, 0.1) is 12.3 Å². The van der Waals surface area contributed by atoms with Crippen LogP contribution in [0.3, 0.4) is 0 Å². The van der Waals surface area contributed by atoms with E-state index in [1.165, 1.54) is 6.92 Å². The second kappa shape index (κ2) is 4.35. The highest BCUT2D eigenvalue weighted by molar-refractivity contribution is 6.30. The minimum Gasteiger partial charge on any atom is -0.431 e. The predicted molar refractivity (Wildman–Crippen MR) is 67.3 cm³/mol. The van der Waals surface area contributed by atoms with Crippen molar-refractivity contribution in [3.05, 3.63) is 29.3 Å². The minimum atomic E-state index is -1.29. The third kappa shape index (κ3) is 1.93. The molecule has 18 heavy (non-hydrogen) atoms. The van der Waals surface area contributed by atoms with Gasteiger partial charge in [0.15, 0.2) is 0 Å². The van der Waals surface area contributed by atoms with Crippen LogP contribution in [0.25, 0.3) is 0 Å². The number of ether oxygens (including phenoxy) is 1. The lowest BCUT2D eigenvalue weighted by Crippen LogP contribution is -2.38. The van der Waals surface area contributed by atoms with Crippen LogP contribution in [0.5, 0.6) is 0 Å². The monoisotopic (exact) mass is 263 g/mol. The summed E-state index contributed by atoms with van der Waals surface area (Å²) in [6, 6.07) is 6.33. The van der Waals surface area contributed by atoms with Gasteiger partial charge >= 0.3 is 6.09 Å². The van der Waals surface area contributed by atoms with E-state index in [2.05, 4.69) is 5.92 Å². The molecule has 4 nitrogen and oxygen atoms in total. The number of halogens is 1. The van der Waals surface area contributed by atoms with Gasteiger partial charge in [-0.25, -0.2) is 9.69 Å². The number of cyclic esters (lactones) is 1. The van der Waals surface area contributed by atoms with Gasteiger partial charge in [0.2, 0.25) is 5.60 Å². The average molecular weight is 264 g/mol. The molecule has 92 valence electrons. The first-order chi connectivity index (χ1) is 8.48. The highest BCUT2D eigenvalue weighted by atomic mass is 35.5. The first kappa shape index (κ1) is 12.5. The van der Waals surface area contributed by atoms with Crippen molar-refractivity contribution in [3.63, 3.8) is 0 Å². The van der Waals surface area contributed by atoms with Crippen molar-refractivity contribution in [1.82, 2.24) is 0 Å². The summed E-state index contributed by atoms with van der Waals surface area (Å²) in [6.45, 7) is 1.50. The number of amides is 2. The standard InChI is InChI=1S/C13H10ClNO3/c1-3-8-13(2)11(16)15(12(17)18-13)10-6-4-9(14)5-7-10/h1,4-7H,8H2,2H3. The normalized spacial score (nSPS) is 22.8. The van der Waals surface area contributed by atoms with Crippen LogP contribution in [-0.4, -0.2) is 17.6 Å². The fourth-order valence-corrected chi connectivity index (χ4v) is 1.85. The Morgan fingerprint density at radius 2 is 2.00 bits per heavy atom. The molecule has 0 spiro atoms. The molecule has 1 aromatic carbocycles. The molecule has 0 N–H and O–H groups in total. The number of carbonyl (C=O) groups is 2. The summed E-state index contributed by atoms with van der Waals surface area (Å²) < 4.78 is 5.06. The van der Waals surface area contributed by atoms with Crippen LogP contribution in [0.15, 0.2) is 24.3 Å². The van der Waals surface area contributed by atoms with E-state index in [-0.39, 0.29) is 6.42 Å². The van der Waals surface area contributed by atoms with E-state index < -0.39 is 17.6 Å². The van der Waals surface area contributed by atoms with E-state index >= 15 is 0 Å². The smallest absolute Gasteiger partial charge is 0.422 e. The molecule has 5 heteroatoms. The number of carbonyl (C=O) groups excluding carboxylic acids is 2. The molecule has 0 aliphatic carbocycles.